The number of benzene rings is 8. The quantitative estimate of drug-likeness (QED) is 0.177. The van der Waals surface area contributed by atoms with Gasteiger partial charge in [0.2, 0.25) is 5.95 Å². The minimum atomic E-state index is 0.109. The second kappa shape index (κ2) is 14.5. The van der Waals surface area contributed by atoms with Crippen molar-refractivity contribution in [3.63, 3.8) is 0 Å². The molecule has 272 valence electrons. The number of hydrogen-bond donors (Lipinski definition) is 0. The van der Waals surface area contributed by atoms with Crippen LogP contribution in [0.15, 0.2) is 170 Å². The number of aromatic nitrogens is 5. The summed E-state index contributed by atoms with van der Waals surface area (Å²) in [7, 11) is 32.6. The maximum atomic E-state index is 6.72. The molecular formula is C51H28B5N5. The largest absolute Gasteiger partial charge is 0.307 e. The Morgan fingerprint density at radius 1 is 0.328 bits per heavy atom. The van der Waals surface area contributed by atoms with Gasteiger partial charge in [-0.05, 0) is 34.9 Å². The van der Waals surface area contributed by atoms with Crippen LogP contribution in [0.25, 0.3) is 100 Å². The molecule has 0 aliphatic carbocycles. The number of para-hydroxylation sites is 3. The first kappa shape index (κ1) is 36.8. The van der Waals surface area contributed by atoms with Crippen LogP contribution in [0.2, 0.25) is 0 Å². The van der Waals surface area contributed by atoms with Crippen molar-refractivity contribution in [2.75, 3.05) is 0 Å². The van der Waals surface area contributed by atoms with Gasteiger partial charge < -0.3 is 4.57 Å². The van der Waals surface area contributed by atoms with Gasteiger partial charge in [0, 0.05) is 38.2 Å². The van der Waals surface area contributed by atoms with Gasteiger partial charge in [-0.1, -0.05) is 163 Å². The van der Waals surface area contributed by atoms with E-state index in [2.05, 4.69) is 137 Å². The lowest BCUT2D eigenvalue weighted by atomic mass is 9.60. The van der Waals surface area contributed by atoms with E-state index in [0.29, 0.717) is 11.8 Å². The molecule has 0 N–H and O–H groups in total. The zero-order chi connectivity index (χ0) is 41.4. The Hall–Kier alpha value is -7.31. The molecule has 0 aliphatic rings. The van der Waals surface area contributed by atoms with Gasteiger partial charge in [0.05, 0.1) is 27.8 Å². The summed E-state index contributed by atoms with van der Waals surface area (Å²) in [4.78, 5) is 15.5. The first-order chi connectivity index (χ1) is 29.9. The Balaban J connectivity index is 1.27. The van der Waals surface area contributed by atoms with Crippen molar-refractivity contribution in [2.45, 2.75) is 0 Å². The van der Waals surface area contributed by atoms with E-state index in [1.54, 1.807) is 0 Å². The van der Waals surface area contributed by atoms with Crippen LogP contribution >= 0.6 is 0 Å². The molecule has 0 unspecified atom stereocenters. The topological polar surface area (TPSA) is 48.5 Å². The predicted molar refractivity (Wildman–Crippen MR) is 257 cm³/mol. The molecule has 3 heterocycles. The Morgan fingerprint density at radius 2 is 0.787 bits per heavy atom. The van der Waals surface area contributed by atoms with E-state index in [1.807, 2.05) is 42.5 Å². The molecule has 0 aliphatic heterocycles. The SMILES string of the molecule is [B]c1c([B])c([B])c(-c2nc(-c3ccc(-c4ccccc4)cc3)nc(-n3c4ccccc4c4ccc5c6ccccc6n(-c6ccccc6-c6ccccc6)c5c43)n2)c([B])c1[B]. The maximum absolute atomic E-state index is 6.72. The summed E-state index contributed by atoms with van der Waals surface area (Å²) < 4.78 is 4.49. The van der Waals surface area contributed by atoms with Crippen molar-refractivity contribution in [2.24, 2.45) is 0 Å². The van der Waals surface area contributed by atoms with Crippen molar-refractivity contribution in [3.05, 3.63) is 170 Å². The molecule has 0 fully saturated rings. The van der Waals surface area contributed by atoms with Gasteiger partial charge in [0.25, 0.3) is 0 Å². The second-order valence-electron chi connectivity index (χ2n) is 15.1. The third-order valence-corrected chi connectivity index (χ3v) is 11.7. The van der Waals surface area contributed by atoms with Gasteiger partial charge in [-0.2, -0.15) is 9.97 Å². The van der Waals surface area contributed by atoms with Gasteiger partial charge in [-0.15, -0.1) is 16.4 Å². The monoisotopic (exact) mass is 765 g/mol. The van der Waals surface area contributed by atoms with Gasteiger partial charge in [0.15, 0.2) is 11.6 Å². The molecule has 8 aromatic carbocycles. The Kier molecular flexibility index (Phi) is 8.71. The minimum absolute atomic E-state index is 0.109. The molecule has 61 heavy (non-hydrogen) atoms. The molecule has 0 bridgehead atoms. The number of fused-ring (bicyclic) bond motifs is 7. The highest BCUT2D eigenvalue weighted by Crippen LogP contribution is 2.43. The standard InChI is InChI=1S/C51H28B5N5/c52-42-41(43(53)45(55)46(56)44(42)54)50-57-49(32-25-23-30(24-26-32)29-13-3-1-4-14-29)58-51(59-50)61-40-22-12-9-19-35(40)37-28-27-36-34-18-8-11-21-39(34)60(47(36)48(37)61)38-20-10-7-17-33(38)31-15-5-2-6-16-31/h1-28H. The highest BCUT2D eigenvalue weighted by atomic mass is 15.2. The zero-order valence-corrected chi connectivity index (χ0v) is 32.8. The minimum Gasteiger partial charge on any atom is -0.307 e. The van der Waals surface area contributed by atoms with Crippen LogP contribution in [0.1, 0.15) is 0 Å². The van der Waals surface area contributed by atoms with E-state index < -0.39 is 0 Å². The summed E-state index contributed by atoms with van der Waals surface area (Å²) in [6.07, 6.45) is 0. The molecule has 10 heteroatoms. The fraction of sp³-hybridized carbons (Fsp3) is 0. The fourth-order valence-corrected chi connectivity index (χ4v) is 8.73. The van der Waals surface area contributed by atoms with Crippen LogP contribution in [0, 0.1) is 0 Å². The van der Waals surface area contributed by atoms with Gasteiger partial charge in [-0.25, -0.2) is 4.98 Å². The van der Waals surface area contributed by atoms with E-state index in [1.165, 1.54) is 0 Å². The summed E-state index contributed by atoms with van der Waals surface area (Å²) in [5.41, 5.74) is 10.9. The molecular weight excluding hydrogens is 737 g/mol. The third kappa shape index (κ3) is 5.81. The molecule has 0 saturated heterocycles. The van der Waals surface area contributed by atoms with Crippen molar-refractivity contribution in [1.82, 2.24) is 24.1 Å². The average Bonchev–Trinajstić information content (AvgIpc) is 3.84. The first-order valence-electron chi connectivity index (χ1n) is 19.9. The van der Waals surface area contributed by atoms with Crippen molar-refractivity contribution in [1.29, 1.82) is 0 Å². The molecule has 11 rings (SSSR count). The van der Waals surface area contributed by atoms with Crippen LogP contribution < -0.4 is 27.3 Å². The summed E-state index contributed by atoms with van der Waals surface area (Å²) in [6, 6.07) is 58.6. The first-order valence-corrected chi connectivity index (χ1v) is 19.9. The normalized spacial score (nSPS) is 11.6. The van der Waals surface area contributed by atoms with E-state index >= 15 is 0 Å². The predicted octanol–water partition coefficient (Wildman–Crippen LogP) is 6.70. The number of nitrogens with zero attached hydrogens (tertiary/aromatic N) is 5. The summed E-state index contributed by atoms with van der Waals surface area (Å²) in [5, 5.41) is 4.25. The van der Waals surface area contributed by atoms with Crippen molar-refractivity contribution >= 4 is 110 Å². The lowest BCUT2D eigenvalue weighted by Gasteiger charge is -2.21. The summed E-state index contributed by atoms with van der Waals surface area (Å²) in [6.45, 7) is 0. The van der Waals surface area contributed by atoms with Crippen LogP contribution in [-0.2, 0) is 0 Å². The Morgan fingerprint density at radius 3 is 1.43 bits per heavy atom. The van der Waals surface area contributed by atoms with E-state index in [9.17, 15) is 0 Å². The van der Waals surface area contributed by atoms with Gasteiger partial charge >= 0.3 is 0 Å². The maximum Gasteiger partial charge on any atom is 0.238 e. The molecule has 5 nitrogen and oxygen atoms in total. The lowest BCUT2D eigenvalue weighted by Crippen LogP contribution is -2.55. The third-order valence-electron chi connectivity index (χ3n) is 11.7. The van der Waals surface area contributed by atoms with Crippen molar-refractivity contribution < 1.29 is 0 Å². The molecule has 0 saturated carbocycles. The van der Waals surface area contributed by atoms with E-state index in [4.69, 9.17) is 54.2 Å². The summed E-state index contributed by atoms with van der Waals surface area (Å²) >= 11 is 0. The van der Waals surface area contributed by atoms with Gasteiger partial charge in [0.1, 0.15) is 39.2 Å². The molecule has 0 amide bonds. The molecule has 10 radical (unpaired) electrons. The summed E-state index contributed by atoms with van der Waals surface area (Å²) in [5.74, 6) is 0.959. The zero-order valence-electron chi connectivity index (χ0n) is 32.8. The Labute approximate surface area is 359 Å². The highest BCUT2D eigenvalue weighted by Gasteiger charge is 2.25. The van der Waals surface area contributed by atoms with Crippen molar-refractivity contribution in [3.8, 4) is 56.7 Å². The van der Waals surface area contributed by atoms with Crippen LogP contribution in [-0.4, -0.2) is 63.3 Å². The fourth-order valence-electron chi connectivity index (χ4n) is 8.73. The average molecular weight is 765 g/mol. The molecule has 11 aromatic rings. The number of rotatable bonds is 6. The second-order valence-corrected chi connectivity index (χ2v) is 15.1. The molecule has 0 atom stereocenters. The molecule has 0 spiro atoms. The Bertz CT molecular complexity index is 3500. The number of hydrogen-bond acceptors (Lipinski definition) is 3. The van der Waals surface area contributed by atoms with E-state index in [0.717, 1.165) is 77.1 Å². The van der Waals surface area contributed by atoms with Crippen LogP contribution in [0.4, 0.5) is 0 Å². The van der Waals surface area contributed by atoms with Crippen LogP contribution in [0.3, 0.4) is 0 Å². The lowest BCUT2D eigenvalue weighted by molar-refractivity contribution is 0.955. The highest BCUT2D eigenvalue weighted by molar-refractivity contribution is 6.68. The smallest absolute Gasteiger partial charge is 0.238 e. The van der Waals surface area contributed by atoms with E-state index in [-0.39, 0.29) is 38.7 Å². The van der Waals surface area contributed by atoms with Crippen LogP contribution in [0.5, 0.6) is 0 Å². The van der Waals surface area contributed by atoms with Gasteiger partial charge in [-0.3, -0.25) is 4.57 Å². The molecule has 3 aromatic heterocycles.